The number of nitrogens with two attached hydrogens (primary N) is 2. The summed E-state index contributed by atoms with van der Waals surface area (Å²) in [6.07, 6.45) is -2.86. The van der Waals surface area contributed by atoms with Gasteiger partial charge >= 0.3 is 6.18 Å². The fourth-order valence-corrected chi connectivity index (χ4v) is 2.80. The molecule has 0 saturated carbocycles. The number of hydrogen-bond donors (Lipinski definition) is 4. The van der Waals surface area contributed by atoms with Gasteiger partial charge in [-0.1, -0.05) is 18.2 Å². The molecular formula is C17H13F3N8O. The second kappa shape index (κ2) is 7.44. The second-order valence-corrected chi connectivity index (χ2v) is 5.84. The van der Waals surface area contributed by atoms with E-state index in [4.69, 9.17) is 21.5 Å². The maximum atomic E-state index is 12.6. The van der Waals surface area contributed by atoms with Crippen LogP contribution in [0.15, 0.2) is 29.3 Å². The van der Waals surface area contributed by atoms with E-state index in [9.17, 15) is 18.4 Å². The van der Waals surface area contributed by atoms with Gasteiger partial charge in [-0.05, 0) is 6.07 Å². The molecule has 0 amide bonds. The Morgan fingerprint density at radius 2 is 1.97 bits per heavy atom. The zero-order valence-electron chi connectivity index (χ0n) is 14.6. The average Bonchev–Trinajstić information content (AvgIpc) is 2.66. The van der Waals surface area contributed by atoms with Crippen molar-refractivity contribution in [3.63, 3.8) is 0 Å². The number of nitriles is 2. The first-order valence-electron chi connectivity index (χ1n) is 8.02. The first-order valence-corrected chi connectivity index (χ1v) is 8.02. The molecule has 6 N–H and O–H groups in total. The van der Waals surface area contributed by atoms with Crippen molar-refractivity contribution in [3.8, 4) is 18.0 Å². The van der Waals surface area contributed by atoms with Crippen LogP contribution in [0, 0.1) is 22.8 Å². The van der Waals surface area contributed by atoms with E-state index in [1.807, 2.05) is 6.07 Å². The molecule has 0 saturated heterocycles. The van der Waals surface area contributed by atoms with E-state index in [0.717, 1.165) is 0 Å². The Morgan fingerprint density at radius 3 is 2.62 bits per heavy atom. The van der Waals surface area contributed by atoms with E-state index in [-0.39, 0.29) is 45.7 Å². The smallest absolute Gasteiger partial charge is 0.422 e. The van der Waals surface area contributed by atoms with Gasteiger partial charge in [0.05, 0.1) is 5.69 Å². The van der Waals surface area contributed by atoms with E-state index >= 15 is 0 Å². The van der Waals surface area contributed by atoms with Gasteiger partial charge in [0.25, 0.3) is 0 Å². The fourth-order valence-electron chi connectivity index (χ4n) is 2.80. The summed E-state index contributed by atoms with van der Waals surface area (Å²) in [4.78, 5) is 8.38. The number of aromatic nitrogens is 1. The Morgan fingerprint density at radius 1 is 1.24 bits per heavy atom. The van der Waals surface area contributed by atoms with Gasteiger partial charge in [-0.15, -0.1) is 0 Å². The number of nitrogens with one attached hydrogen (secondary N) is 2. The molecule has 148 valence electrons. The number of guanidine groups is 1. The number of nitrogen functional groups attached to an aromatic ring is 2. The number of halogens is 3. The molecule has 2 aromatic rings. The van der Waals surface area contributed by atoms with Crippen molar-refractivity contribution in [1.82, 2.24) is 10.3 Å². The molecule has 0 fully saturated rings. The maximum absolute atomic E-state index is 12.6. The lowest BCUT2D eigenvalue weighted by atomic mass is 9.94. The Kier molecular flexibility index (Phi) is 5.02. The van der Waals surface area contributed by atoms with Crippen LogP contribution in [0.2, 0.25) is 0 Å². The van der Waals surface area contributed by atoms with Crippen molar-refractivity contribution in [3.05, 3.63) is 41.0 Å². The molecule has 1 aliphatic rings. The van der Waals surface area contributed by atoms with Gasteiger partial charge in [0.1, 0.15) is 35.1 Å². The first-order chi connectivity index (χ1) is 13.7. The number of anilines is 3. The standard InChI is InChI=1S/C17H13F3N8O/c18-17(19,20)6-29-10-4-2-1-3-8(10)13-11-12(23)9(5-21)14(24)27-15(11)28-16(26-13)25-7-22/h1-4,13H,6H2,(H6,23,24,25,26,27,28). The number of pyridine rings is 1. The number of rotatable bonds is 3. The zero-order chi connectivity index (χ0) is 21.2. The molecule has 1 atom stereocenters. The lowest BCUT2D eigenvalue weighted by Crippen LogP contribution is -2.33. The van der Waals surface area contributed by atoms with Crippen LogP contribution in [0.3, 0.4) is 0 Å². The maximum Gasteiger partial charge on any atom is 0.422 e. The molecule has 12 heteroatoms. The molecule has 2 heterocycles. The Hall–Kier alpha value is -4.19. The highest BCUT2D eigenvalue weighted by Crippen LogP contribution is 2.43. The third kappa shape index (κ3) is 3.91. The predicted molar refractivity (Wildman–Crippen MR) is 97.4 cm³/mol. The quantitative estimate of drug-likeness (QED) is 0.448. The van der Waals surface area contributed by atoms with Crippen molar-refractivity contribution in [2.75, 3.05) is 23.4 Å². The largest absolute Gasteiger partial charge is 0.484 e. The van der Waals surface area contributed by atoms with Crippen LogP contribution in [-0.4, -0.2) is 23.7 Å². The number of benzene rings is 1. The van der Waals surface area contributed by atoms with Gasteiger partial charge in [-0.2, -0.15) is 23.7 Å². The third-order valence-electron chi connectivity index (χ3n) is 3.96. The third-order valence-corrected chi connectivity index (χ3v) is 3.96. The summed E-state index contributed by atoms with van der Waals surface area (Å²) in [6.45, 7) is -1.51. The monoisotopic (exact) mass is 402 g/mol. The van der Waals surface area contributed by atoms with Gasteiger partial charge in [-0.3, -0.25) is 5.32 Å². The molecule has 1 aliphatic heterocycles. The van der Waals surface area contributed by atoms with E-state index in [0.29, 0.717) is 0 Å². The SMILES string of the molecule is N#CNC1=NC(c2ccccc2OCC(F)(F)F)c2c(nc(N)c(C#N)c2N)N1. The molecule has 0 spiro atoms. The van der Waals surface area contributed by atoms with Crippen LogP contribution in [0.1, 0.15) is 22.7 Å². The number of nitrogens with zero attached hydrogens (tertiary/aromatic N) is 4. The van der Waals surface area contributed by atoms with Crippen molar-refractivity contribution in [2.45, 2.75) is 12.2 Å². The van der Waals surface area contributed by atoms with Gasteiger partial charge < -0.3 is 21.5 Å². The van der Waals surface area contributed by atoms with Crippen molar-refractivity contribution in [1.29, 1.82) is 10.5 Å². The first kappa shape index (κ1) is 19.6. The van der Waals surface area contributed by atoms with Gasteiger partial charge in [0, 0.05) is 11.1 Å². The molecule has 1 aromatic heterocycles. The molecule has 1 unspecified atom stereocenters. The fraction of sp³-hybridized carbons (Fsp3) is 0.176. The minimum Gasteiger partial charge on any atom is -0.484 e. The van der Waals surface area contributed by atoms with Gasteiger partial charge in [0.2, 0.25) is 5.96 Å². The molecule has 9 nitrogen and oxygen atoms in total. The topological polar surface area (TPSA) is 158 Å². The second-order valence-electron chi connectivity index (χ2n) is 5.84. The van der Waals surface area contributed by atoms with Gasteiger partial charge in [-0.25, -0.2) is 9.98 Å². The van der Waals surface area contributed by atoms with Crippen LogP contribution in [0.4, 0.5) is 30.5 Å². The van der Waals surface area contributed by atoms with Crippen LogP contribution in [0.25, 0.3) is 0 Å². The Bertz CT molecular complexity index is 1070. The number of aliphatic imine (C=N–C) groups is 1. The summed E-state index contributed by atoms with van der Waals surface area (Å²) in [5.74, 6) is -0.138. The summed E-state index contributed by atoms with van der Waals surface area (Å²) >= 11 is 0. The lowest BCUT2D eigenvalue weighted by molar-refractivity contribution is -0.153. The normalized spacial score (nSPS) is 15.2. The summed E-state index contributed by atoms with van der Waals surface area (Å²) < 4.78 is 42.8. The van der Waals surface area contributed by atoms with Crippen LogP contribution in [-0.2, 0) is 0 Å². The molecule has 3 rings (SSSR count). The highest BCUT2D eigenvalue weighted by Gasteiger charge is 2.33. The van der Waals surface area contributed by atoms with Crippen molar-refractivity contribution >= 4 is 23.3 Å². The number of alkyl halides is 3. The number of hydrogen-bond acceptors (Lipinski definition) is 9. The summed E-state index contributed by atoms with van der Waals surface area (Å²) in [5, 5.41) is 23.2. The number of ether oxygens (including phenoxy) is 1. The average molecular weight is 402 g/mol. The predicted octanol–water partition coefficient (Wildman–Crippen LogP) is 2.00. The van der Waals surface area contributed by atoms with Crippen molar-refractivity contribution < 1.29 is 17.9 Å². The van der Waals surface area contributed by atoms with E-state index in [2.05, 4.69) is 20.6 Å². The van der Waals surface area contributed by atoms with Crippen LogP contribution in [0.5, 0.6) is 5.75 Å². The Labute approximate surface area is 162 Å². The molecule has 1 aromatic carbocycles. The van der Waals surface area contributed by atoms with E-state index in [1.54, 1.807) is 12.3 Å². The van der Waals surface area contributed by atoms with Crippen molar-refractivity contribution in [2.24, 2.45) is 4.99 Å². The Balaban J connectivity index is 2.17. The summed E-state index contributed by atoms with van der Waals surface area (Å²) in [7, 11) is 0. The molecule has 29 heavy (non-hydrogen) atoms. The highest BCUT2D eigenvalue weighted by molar-refractivity contribution is 5.98. The van der Waals surface area contributed by atoms with E-state index in [1.165, 1.54) is 18.2 Å². The molecule has 0 radical (unpaired) electrons. The summed E-state index contributed by atoms with van der Waals surface area (Å²) in [5.41, 5.74) is 12.2. The lowest BCUT2D eigenvalue weighted by Gasteiger charge is -2.27. The molecule has 0 aliphatic carbocycles. The highest BCUT2D eigenvalue weighted by atomic mass is 19.4. The van der Waals surface area contributed by atoms with E-state index < -0.39 is 18.8 Å². The molecule has 0 bridgehead atoms. The molecular weight excluding hydrogens is 389 g/mol. The van der Waals surface area contributed by atoms with Crippen LogP contribution >= 0.6 is 0 Å². The summed E-state index contributed by atoms with van der Waals surface area (Å²) in [6, 6.07) is 6.77. The van der Waals surface area contributed by atoms with Gasteiger partial charge in [0.15, 0.2) is 12.8 Å². The van der Waals surface area contributed by atoms with Crippen LogP contribution < -0.4 is 26.8 Å². The zero-order valence-corrected chi connectivity index (χ0v) is 14.6. The minimum absolute atomic E-state index is 0.0216. The number of para-hydroxylation sites is 1. The number of fused-ring (bicyclic) bond motifs is 1. The minimum atomic E-state index is -4.54.